The van der Waals surface area contributed by atoms with Gasteiger partial charge in [-0.05, 0) is 26.7 Å². The molecule has 2 N–H and O–H groups in total. The van der Waals surface area contributed by atoms with Gasteiger partial charge in [0.05, 0.1) is 18.1 Å². The molecule has 2 rings (SSSR count). The van der Waals surface area contributed by atoms with Crippen LogP contribution in [-0.4, -0.2) is 46.2 Å². The molecule has 1 aliphatic heterocycles. The number of allylic oxidation sites excluding steroid dienone is 1. The van der Waals surface area contributed by atoms with Gasteiger partial charge >= 0.3 is 0 Å². The third-order valence-corrected chi connectivity index (χ3v) is 4.64. The molecule has 0 radical (unpaired) electrons. The average Bonchev–Trinajstić information content (AvgIpc) is 2.63. The van der Waals surface area contributed by atoms with Gasteiger partial charge in [-0.25, -0.2) is 0 Å². The number of ether oxygens (including phenoxy) is 2. The summed E-state index contributed by atoms with van der Waals surface area (Å²) >= 11 is 0. The molecule has 1 aliphatic carbocycles. The first-order valence-corrected chi connectivity index (χ1v) is 6.99. The molecule has 0 amide bonds. The van der Waals surface area contributed by atoms with Gasteiger partial charge in [-0.15, -0.1) is 6.58 Å². The maximum Gasteiger partial charge on any atom is 0.202 e. The Kier molecular flexibility index (Phi) is 3.84. The Labute approximate surface area is 119 Å². The summed E-state index contributed by atoms with van der Waals surface area (Å²) in [6.07, 6.45) is 2.35. The monoisotopic (exact) mass is 284 g/mol. The highest BCUT2D eigenvalue weighted by molar-refractivity contribution is 5.83. The van der Waals surface area contributed by atoms with Crippen LogP contribution in [0.2, 0.25) is 0 Å². The van der Waals surface area contributed by atoms with E-state index in [-0.39, 0.29) is 18.1 Å². The molecule has 0 spiro atoms. The minimum absolute atomic E-state index is 0.0449. The summed E-state index contributed by atoms with van der Waals surface area (Å²) in [7, 11) is 1.52. The van der Waals surface area contributed by atoms with Gasteiger partial charge in [0.15, 0.2) is 0 Å². The Morgan fingerprint density at radius 2 is 2.20 bits per heavy atom. The number of carbonyl (C=O) groups is 1. The first-order valence-electron chi connectivity index (χ1n) is 6.99. The van der Waals surface area contributed by atoms with Gasteiger partial charge in [-0.1, -0.05) is 6.08 Å². The minimum Gasteiger partial charge on any atom is -0.388 e. The van der Waals surface area contributed by atoms with Crippen LogP contribution in [0.4, 0.5) is 0 Å². The van der Waals surface area contributed by atoms with Crippen LogP contribution in [0.3, 0.4) is 0 Å². The van der Waals surface area contributed by atoms with Crippen molar-refractivity contribution < 1.29 is 24.5 Å². The van der Waals surface area contributed by atoms with Crippen LogP contribution in [-0.2, 0) is 14.3 Å². The zero-order valence-corrected chi connectivity index (χ0v) is 12.4. The molecule has 1 saturated carbocycles. The fraction of sp³-hybridized carbons (Fsp3) is 0.800. The number of ketones is 1. The van der Waals surface area contributed by atoms with Crippen molar-refractivity contribution in [2.75, 3.05) is 7.11 Å². The molecule has 0 aromatic carbocycles. The summed E-state index contributed by atoms with van der Waals surface area (Å²) < 4.78 is 11.2. The molecule has 2 fully saturated rings. The molecule has 2 aliphatic rings. The van der Waals surface area contributed by atoms with Crippen LogP contribution < -0.4 is 0 Å². The normalized spacial score (nSPS) is 41.5. The zero-order valence-electron chi connectivity index (χ0n) is 12.4. The summed E-state index contributed by atoms with van der Waals surface area (Å²) in [5.41, 5.74) is -2.05. The molecule has 114 valence electrons. The number of hydrogen-bond donors (Lipinski definition) is 2. The highest BCUT2D eigenvalue weighted by Crippen LogP contribution is 2.52. The van der Waals surface area contributed by atoms with Crippen molar-refractivity contribution in [2.45, 2.75) is 62.6 Å². The Morgan fingerprint density at radius 3 is 2.70 bits per heavy atom. The second-order valence-electron chi connectivity index (χ2n) is 6.52. The number of fused-ring (bicyclic) bond motifs is 1. The second kappa shape index (κ2) is 4.91. The predicted molar refractivity (Wildman–Crippen MR) is 73.0 cm³/mol. The van der Waals surface area contributed by atoms with Gasteiger partial charge in [-0.3, -0.25) is 4.79 Å². The number of aliphatic hydroxyl groups is 2. The number of carbonyl (C=O) groups excluding carboxylic acids is 1. The van der Waals surface area contributed by atoms with Gasteiger partial charge in [0, 0.05) is 19.4 Å². The molecule has 20 heavy (non-hydrogen) atoms. The lowest BCUT2D eigenvalue weighted by atomic mass is 9.70. The van der Waals surface area contributed by atoms with Crippen molar-refractivity contribution in [1.29, 1.82) is 0 Å². The van der Waals surface area contributed by atoms with Crippen LogP contribution >= 0.6 is 0 Å². The Balaban J connectivity index is 2.32. The molecule has 5 nitrogen and oxygen atoms in total. The molecule has 0 bridgehead atoms. The molecule has 5 heteroatoms. The number of Topliss-reactive ketones (excluding diaryl/α,β-unsaturated/α-hetero) is 1. The Hall–Kier alpha value is -0.750. The van der Waals surface area contributed by atoms with Crippen LogP contribution in [0.5, 0.6) is 0 Å². The molecule has 0 aromatic rings. The van der Waals surface area contributed by atoms with Gasteiger partial charge in [0.2, 0.25) is 5.79 Å². The summed E-state index contributed by atoms with van der Waals surface area (Å²) in [5.74, 6) is -1.91. The predicted octanol–water partition coefficient (Wildman–Crippen LogP) is 1.18. The molecule has 1 heterocycles. The molecule has 1 saturated heterocycles. The van der Waals surface area contributed by atoms with E-state index in [0.717, 1.165) is 0 Å². The number of methoxy groups -OCH3 is 1. The highest BCUT2D eigenvalue weighted by Gasteiger charge is 2.66. The molecule has 1 unspecified atom stereocenters. The fourth-order valence-corrected chi connectivity index (χ4v) is 3.32. The van der Waals surface area contributed by atoms with E-state index in [4.69, 9.17) is 9.47 Å². The fourth-order valence-electron chi connectivity index (χ4n) is 3.32. The van der Waals surface area contributed by atoms with Crippen LogP contribution in [0, 0.1) is 5.92 Å². The molecular formula is C15H24O5. The molecule has 4 atom stereocenters. The topological polar surface area (TPSA) is 76.0 Å². The van der Waals surface area contributed by atoms with Crippen molar-refractivity contribution in [2.24, 2.45) is 5.92 Å². The lowest BCUT2D eigenvalue weighted by molar-refractivity contribution is -0.290. The van der Waals surface area contributed by atoms with E-state index >= 15 is 0 Å². The van der Waals surface area contributed by atoms with Crippen molar-refractivity contribution in [3.8, 4) is 0 Å². The second-order valence-corrected chi connectivity index (χ2v) is 6.52. The van der Waals surface area contributed by atoms with Crippen LogP contribution in [0.15, 0.2) is 12.7 Å². The number of rotatable bonds is 4. The van der Waals surface area contributed by atoms with Crippen molar-refractivity contribution in [3.05, 3.63) is 12.7 Å². The first kappa shape index (κ1) is 15.6. The highest BCUT2D eigenvalue weighted by atomic mass is 16.7. The quantitative estimate of drug-likeness (QED) is 0.758. The van der Waals surface area contributed by atoms with E-state index in [9.17, 15) is 15.0 Å². The average molecular weight is 284 g/mol. The third kappa shape index (κ3) is 2.33. The van der Waals surface area contributed by atoms with Crippen molar-refractivity contribution in [3.63, 3.8) is 0 Å². The molecule has 0 aromatic heterocycles. The SMILES string of the molecule is C=CC[C@H]1C[C@@]2(OC)C[C@H](C(C)(C)O)OC2(O)CC1=O. The third-order valence-electron chi connectivity index (χ3n) is 4.64. The zero-order chi connectivity index (χ0) is 15.2. The lowest BCUT2D eigenvalue weighted by Crippen LogP contribution is -2.58. The summed E-state index contributed by atoms with van der Waals surface area (Å²) in [6, 6.07) is 0. The standard InChI is InChI=1S/C15H24O5/c1-5-6-10-7-14(19-4)9-12(13(2,3)17)20-15(14,18)8-11(10)16/h5,10,12,17-18H,1,6-9H2,2-4H3/t10-,12+,14+,15?/m0/s1. The largest absolute Gasteiger partial charge is 0.388 e. The minimum atomic E-state index is -1.65. The number of hydrogen-bond acceptors (Lipinski definition) is 5. The van der Waals surface area contributed by atoms with E-state index in [1.54, 1.807) is 19.9 Å². The van der Waals surface area contributed by atoms with E-state index in [1.807, 2.05) is 0 Å². The summed E-state index contributed by atoms with van der Waals surface area (Å²) in [5, 5.41) is 20.9. The first-order chi connectivity index (χ1) is 9.17. The van der Waals surface area contributed by atoms with Crippen LogP contribution in [0.25, 0.3) is 0 Å². The maximum absolute atomic E-state index is 12.1. The van der Waals surface area contributed by atoms with Gasteiger partial charge < -0.3 is 19.7 Å². The van der Waals surface area contributed by atoms with Gasteiger partial charge in [-0.2, -0.15) is 0 Å². The lowest BCUT2D eigenvalue weighted by Gasteiger charge is -2.45. The Bertz CT molecular complexity index is 413. The van der Waals surface area contributed by atoms with E-state index in [2.05, 4.69) is 6.58 Å². The molecular weight excluding hydrogens is 260 g/mol. The van der Waals surface area contributed by atoms with Gasteiger partial charge in [0.25, 0.3) is 0 Å². The van der Waals surface area contributed by atoms with Crippen molar-refractivity contribution in [1.82, 2.24) is 0 Å². The summed E-state index contributed by atoms with van der Waals surface area (Å²) in [4.78, 5) is 12.1. The van der Waals surface area contributed by atoms with Gasteiger partial charge in [0.1, 0.15) is 11.4 Å². The summed E-state index contributed by atoms with van der Waals surface area (Å²) in [6.45, 7) is 6.93. The maximum atomic E-state index is 12.1. The smallest absolute Gasteiger partial charge is 0.202 e. The van der Waals surface area contributed by atoms with E-state index in [1.165, 1.54) is 7.11 Å². The van der Waals surface area contributed by atoms with E-state index < -0.39 is 23.1 Å². The van der Waals surface area contributed by atoms with E-state index in [0.29, 0.717) is 19.3 Å². The van der Waals surface area contributed by atoms with Crippen molar-refractivity contribution >= 4 is 5.78 Å². The Morgan fingerprint density at radius 1 is 1.55 bits per heavy atom. The van der Waals surface area contributed by atoms with Crippen LogP contribution in [0.1, 0.15) is 39.5 Å².